The largest absolute Gasteiger partial charge is 0.508 e. The van der Waals surface area contributed by atoms with Crippen molar-refractivity contribution in [2.45, 2.75) is 31.1 Å². The van der Waals surface area contributed by atoms with Gasteiger partial charge in [0.2, 0.25) is 0 Å². The molecule has 3 rings (SSSR count). The summed E-state index contributed by atoms with van der Waals surface area (Å²) < 4.78 is 9.06. The maximum absolute atomic E-state index is 9.64. The predicted molar refractivity (Wildman–Crippen MR) is 104 cm³/mol. The number of fused-ring (bicyclic) bond motifs is 1. The van der Waals surface area contributed by atoms with Crippen molar-refractivity contribution in [1.82, 2.24) is 9.71 Å². The molecule has 0 aliphatic carbocycles. The number of H-pyrrole nitrogens is 1. The van der Waals surface area contributed by atoms with Gasteiger partial charge in [-0.1, -0.05) is 13.3 Å². The van der Waals surface area contributed by atoms with Crippen LogP contribution in [-0.4, -0.2) is 23.2 Å². The van der Waals surface area contributed by atoms with Gasteiger partial charge in [-0.3, -0.25) is 4.72 Å². The molecule has 3 aromatic rings. The van der Waals surface area contributed by atoms with Crippen molar-refractivity contribution in [2.24, 2.45) is 0 Å². The van der Waals surface area contributed by atoms with E-state index in [1.807, 2.05) is 30.5 Å². The van der Waals surface area contributed by atoms with Crippen molar-refractivity contribution >= 4 is 22.9 Å². The highest BCUT2D eigenvalue weighted by atomic mass is 32.2. The molecule has 0 fully saturated rings. The molecule has 2 aromatic carbocycles. The Morgan fingerprint density at radius 1 is 1.16 bits per heavy atom. The third-order valence-corrected chi connectivity index (χ3v) is 4.88. The van der Waals surface area contributed by atoms with Gasteiger partial charge in [0.1, 0.15) is 11.5 Å². The van der Waals surface area contributed by atoms with Crippen LogP contribution in [0.4, 0.5) is 0 Å². The molecular weight excluding hydrogens is 332 g/mol. The Balaban J connectivity index is 1.45. The number of aromatic amines is 1. The summed E-state index contributed by atoms with van der Waals surface area (Å²) >= 11 is 1.62. The molecule has 1 aromatic heterocycles. The second-order valence-corrected chi connectivity index (χ2v) is 6.93. The third-order valence-electron chi connectivity index (χ3n) is 4.03. The first-order valence-corrected chi connectivity index (χ1v) is 9.49. The van der Waals surface area contributed by atoms with Crippen LogP contribution in [0.15, 0.2) is 53.6 Å². The summed E-state index contributed by atoms with van der Waals surface area (Å²) in [5, 5.41) is 10.7. The maximum atomic E-state index is 9.64. The second kappa shape index (κ2) is 8.83. The van der Waals surface area contributed by atoms with E-state index in [0.29, 0.717) is 5.75 Å². The number of phenolic OH excluding ortho intramolecular Hbond substituents is 1. The van der Waals surface area contributed by atoms with Gasteiger partial charge < -0.3 is 14.8 Å². The van der Waals surface area contributed by atoms with Gasteiger partial charge in [-0.2, -0.15) is 0 Å². The second-order valence-electron chi connectivity index (χ2n) is 5.96. The van der Waals surface area contributed by atoms with E-state index in [1.165, 1.54) is 10.5 Å². The Kier molecular flexibility index (Phi) is 6.25. The van der Waals surface area contributed by atoms with E-state index in [1.54, 1.807) is 18.0 Å². The van der Waals surface area contributed by atoms with Crippen molar-refractivity contribution in [1.29, 1.82) is 0 Å². The molecule has 5 heteroatoms. The Morgan fingerprint density at radius 2 is 2.00 bits per heavy atom. The van der Waals surface area contributed by atoms with E-state index in [-0.39, 0.29) is 0 Å². The van der Waals surface area contributed by atoms with E-state index in [2.05, 4.69) is 28.8 Å². The molecular formula is C20H24N2O2S. The van der Waals surface area contributed by atoms with Crippen molar-refractivity contribution in [3.8, 4) is 11.5 Å². The van der Waals surface area contributed by atoms with Crippen LogP contribution in [0.25, 0.3) is 10.9 Å². The van der Waals surface area contributed by atoms with Crippen LogP contribution in [0.5, 0.6) is 11.5 Å². The van der Waals surface area contributed by atoms with Gasteiger partial charge in [0.15, 0.2) is 0 Å². The van der Waals surface area contributed by atoms with Crippen molar-refractivity contribution < 1.29 is 9.84 Å². The standard InChI is InChI=1S/C20H24N2O2S/c1-2-3-12-24-17-5-7-18(8-6-17)25-22-11-10-15-14-21-20-9-4-16(23)13-19(15)20/h4-9,13-14,21-23H,2-3,10-12H2,1H3. The fraction of sp³-hybridized carbons (Fsp3) is 0.300. The number of aromatic nitrogens is 1. The Bertz CT molecular complexity index is 799. The van der Waals surface area contributed by atoms with Gasteiger partial charge in [-0.25, -0.2) is 0 Å². The molecule has 0 unspecified atom stereocenters. The van der Waals surface area contributed by atoms with Gasteiger partial charge in [0, 0.05) is 28.5 Å². The normalized spacial score (nSPS) is 11.1. The van der Waals surface area contributed by atoms with Crippen molar-refractivity contribution in [3.63, 3.8) is 0 Å². The molecule has 3 N–H and O–H groups in total. The van der Waals surface area contributed by atoms with Gasteiger partial charge in [-0.05, 0) is 72.8 Å². The van der Waals surface area contributed by atoms with Crippen LogP contribution in [-0.2, 0) is 6.42 Å². The van der Waals surface area contributed by atoms with Gasteiger partial charge in [-0.15, -0.1) is 0 Å². The summed E-state index contributed by atoms with van der Waals surface area (Å²) in [5.41, 5.74) is 2.26. The molecule has 0 amide bonds. The minimum atomic E-state index is 0.303. The van der Waals surface area contributed by atoms with Crippen LogP contribution in [0.2, 0.25) is 0 Å². The molecule has 25 heavy (non-hydrogen) atoms. The minimum absolute atomic E-state index is 0.303. The van der Waals surface area contributed by atoms with E-state index >= 15 is 0 Å². The zero-order valence-corrected chi connectivity index (χ0v) is 15.2. The fourth-order valence-corrected chi connectivity index (χ4v) is 3.27. The van der Waals surface area contributed by atoms with Crippen LogP contribution in [0.1, 0.15) is 25.3 Å². The summed E-state index contributed by atoms with van der Waals surface area (Å²) in [5.74, 6) is 1.23. The summed E-state index contributed by atoms with van der Waals surface area (Å²) in [7, 11) is 0. The molecule has 1 heterocycles. The lowest BCUT2D eigenvalue weighted by Gasteiger charge is -2.07. The van der Waals surface area contributed by atoms with Crippen LogP contribution in [0.3, 0.4) is 0 Å². The predicted octanol–water partition coefficient (Wildman–Crippen LogP) is 4.89. The summed E-state index contributed by atoms with van der Waals surface area (Å²) in [6.45, 7) is 3.79. The maximum Gasteiger partial charge on any atom is 0.119 e. The van der Waals surface area contributed by atoms with Gasteiger partial charge in [0.25, 0.3) is 0 Å². The zero-order valence-electron chi connectivity index (χ0n) is 14.4. The third kappa shape index (κ3) is 4.94. The number of aromatic hydroxyl groups is 1. The lowest BCUT2D eigenvalue weighted by Crippen LogP contribution is -2.08. The highest BCUT2D eigenvalue weighted by Crippen LogP contribution is 2.24. The van der Waals surface area contributed by atoms with Crippen molar-refractivity contribution in [3.05, 3.63) is 54.2 Å². The number of hydrogen-bond donors (Lipinski definition) is 3. The first-order chi connectivity index (χ1) is 12.3. The van der Waals surface area contributed by atoms with Crippen molar-refractivity contribution in [2.75, 3.05) is 13.2 Å². The SMILES string of the molecule is CCCCOc1ccc(SNCCc2c[nH]c3ccc(O)cc23)cc1. The van der Waals surface area contributed by atoms with E-state index in [0.717, 1.165) is 49.1 Å². The molecule has 0 spiro atoms. The average molecular weight is 356 g/mol. The number of benzene rings is 2. The fourth-order valence-electron chi connectivity index (χ4n) is 2.63. The quantitative estimate of drug-likeness (QED) is 0.377. The van der Waals surface area contributed by atoms with Gasteiger partial charge >= 0.3 is 0 Å². The Labute approximate surface area is 152 Å². The molecule has 0 saturated heterocycles. The topological polar surface area (TPSA) is 57.3 Å². The highest BCUT2D eigenvalue weighted by Gasteiger charge is 2.04. The summed E-state index contributed by atoms with van der Waals surface area (Å²) in [6.07, 6.45) is 5.14. The number of rotatable bonds is 9. The van der Waals surface area contributed by atoms with Crippen LogP contribution < -0.4 is 9.46 Å². The number of unbranched alkanes of at least 4 members (excludes halogenated alkanes) is 1. The van der Waals surface area contributed by atoms with E-state index in [4.69, 9.17) is 4.74 Å². The zero-order chi connectivity index (χ0) is 17.5. The lowest BCUT2D eigenvalue weighted by molar-refractivity contribution is 0.309. The monoisotopic (exact) mass is 356 g/mol. The summed E-state index contributed by atoms with van der Waals surface area (Å²) in [4.78, 5) is 4.41. The molecule has 0 saturated carbocycles. The smallest absolute Gasteiger partial charge is 0.119 e. The van der Waals surface area contributed by atoms with Crippen LogP contribution >= 0.6 is 11.9 Å². The number of hydrogen-bond acceptors (Lipinski definition) is 4. The molecule has 4 nitrogen and oxygen atoms in total. The molecule has 0 aliphatic rings. The first-order valence-electron chi connectivity index (χ1n) is 8.68. The average Bonchev–Trinajstić information content (AvgIpc) is 3.02. The van der Waals surface area contributed by atoms with E-state index in [9.17, 15) is 5.11 Å². The molecule has 0 aliphatic heterocycles. The number of ether oxygens (including phenoxy) is 1. The van der Waals surface area contributed by atoms with E-state index < -0.39 is 0 Å². The Hall–Kier alpha value is -2.11. The molecule has 132 valence electrons. The Morgan fingerprint density at radius 3 is 2.80 bits per heavy atom. The highest BCUT2D eigenvalue weighted by molar-refractivity contribution is 7.97. The first kappa shape index (κ1) is 17.7. The summed E-state index contributed by atoms with van der Waals surface area (Å²) in [6, 6.07) is 13.6. The van der Waals surface area contributed by atoms with Crippen LogP contribution in [0, 0.1) is 0 Å². The molecule has 0 atom stereocenters. The number of phenols is 1. The number of nitrogens with one attached hydrogen (secondary N) is 2. The van der Waals surface area contributed by atoms with Gasteiger partial charge in [0.05, 0.1) is 6.61 Å². The lowest BCUT2D eigenvalue weighted by atomic mass is 10.1. The minimum Gasteiger partial charge on any atom is -0.508 e. The molecule has 0 radical (unpaired) electrons. The molecule has 0 bridgehead atoms.